The molecule has 1 heterocycles. The van der Waals surface area contributed by atoms with Crippen LogP contribution in [0.5, 0.6) is 5.75 Å². The van der Waals surface area contributed by atoms with Crippen LogP contribution >= 0.6 is 0 Å². The Morgan fingerprint density at radius 1 is 1.03 bits per heavy atom. The van der Waals surface area contributed by atoms with Crippen LogP contribution in [0.25, 0.3) is 0 Å². The Labute approximate surface area is 193 Å². The lowest BCUT2D eigenvalue weighted by Gasteiger charge is -2.26. The number of benzene rings is 2. The van der Waals surface area contributed by atoms with Gasteiger partial charge in [-0.25, -0.2) is 21.2 Å². The first kappa shape index (κ1) is 25.1. The minimum absolute atomic E-state index is 0.0932. The molecule has 1 saturated heterocycles. The smallest absolute Gasteiger partial charge is 0.246 e. The number of hydrogen-bond donors (Lipinski definition) is 2. The van der Waals surface area contributed by atoms with E-state index < -0.39 is 42.7 Å². The first-order chi connectivity index (χ1) is 15.6. The molecule has 0 saturated carbocycles. The van der Waals surface area contributed by atoms with Crippen molar-refractivity contribution in [1.82, 2.24) is 9.03 Å². The zero-order valence-electron chi connectivity index (χ0n) is 18.2. The molecule has 1 fully saturated rings. The molecule has 0 aliphatic carbocycles. The molecule has 1 amide bonds. The molecular formula is C21H26FN3O6S2. The number of methoxy groups -OCH3 is 1. The Bertz CT molecular complexity index is 1230. The predicted octanol–water partition coefficient (Wildman–Crippen LogP) is 2.31. The van der Waals surface area contributed by atoms with E-state index in [9.17, 15) is 26.0 Å². The number of amides is 1. The monoisotopic (exact) mass is 499 g/mol. The van der Waals surface area contributed by atoms with E-state index in [2.05, 4.69) is 10.0 Å². The van der Waals surface area contributed by atoms with Gasteiger partial charge < -0.3 is 10.1 Å². The minimum atomic E-state index is -4.29. The van der Waals surface area contributed by atoms with Gasteiger partial charge in [-0.3, -0.25) is 4.79 Å². The molecule has 33 heavy (non-hydrogen) atoms. The van der Waals surface area contributed by atoms with Crippen LogP contribution in [-0.4, -0.2) is 53.3 Å². The van der Waals surface area contributed by atoms with Crippen LogP contribution in [0.15, 0.2) is 52.3 Å². The summed E-state index contributed by atoms with van der Waals surface area (Å²) in [5.74, 6) is -1.56. The Hall–Kier alpha value is -2.54. The Morgan fingerprint density at radius 3 is 2.33 bits per heavy atom. The molecule has 3 rings (SSSR count). The highest BCUT2D eigenvalue weighted by Crippen LogP contribution is 2.31. The Kier molecular flexibility index (Phi) is 7.73. The van der Waals surface area contributed by atoms with Crippen molar-refractivity contribution in [2.24, 2.45) is 0 Å². The summed E-state index contributed by atoms with van der Waals surface area (Å²) in [4.78, 5) is 11.9. The summed E-state index contributed by atoms with van der Waals surface area (Å²) >= 11 is 0. The normalized spacial score (nSPS) is 16.2. The van der Waals surface area contributed by atoms with Crippen LogP contribution in [0.2, 0.25) is 0 Å². The summed E-state index contributed by atoms with van der Waals surface area (Å²) in [7, 11) is -6.79. The fraction of sp³-hybridized carbons (Fsp3) is 0.381. The van der Waals surface area contributed by atoms with Crippen molar-refractivity contribution in [3.8, 4) is 5.75 Å². The lowest BCUT2D eigenvalue weighted by Crippen LogP contribution is -2.41. The van der Waals surface area contributed by atoms with E-state index in [0.29, 0.717) is 13.1 Å². The first-order valence-electron chi connectivity index (χ1n) is 10.3. The number of carbonyl (C=O) groups is 1. The number of nitrogens with zero attached hydrogens (tertiary/aromatic N) is 1. The van der Waals surface area contributed by atoms with Crippen molar-refractivity contribution >= 4 is 31.6 Å². The van der Waals surface area contributed by atoms with E-state index in [4.69, 9.17) is 4.74 Å². The first-order valence-corrected chi connectivity index (χ1v) is 13.2. The van der Waals surface area contributed by atoms with Gasteiger partial charge in [-0.2, -0.15) is 9.03 Å². The van der Waals surface area contributed by atoms with Gasteiger partial charge in [-0.05, 0) is 50.1 Å². The molecule has 1 atom stereocenters. The second-order valence-electron chi connectivity index (χ2n) is 7.59. The molecule has 1 aliphatic rings. The molecule has 0 spiro atoms. The summed E-state index contributed by atoms with van der Waals surface area (Å²) in [6, 6.07) is 7.68. The number of piperidine rings is 1. The number of anilines is 1. The van der Waals surface area contributed by atoms with Crippen molar-refractivity contribution in [2.45, 2.75) is 42.0 Å². The molecule has 2 aromatic rings. The standard InChI is InChI=1S/C21H26FN3O6S2/c1-15(24-32(27,28)19-9-5-4-8-17(19)22)21(26)23-16-10-11-18(31-2)20(14-16)33(29,30)25-12-6-3-7-13-25/h4-5,8-11,14-15,24H,3,6-7,12-13H2,1-2H3,(H,23,26)/t15-/m0/s1. The third-order valence-corrected chi connectivity index (χ3v) is 8.71. The average molecular weight is 500 g/mol. The summed E-state index contributed by atoms with van der Waals surface area (Å²) in [6.45, 7) is 2.09. The summed E-state index contributed by atoms with van der Waals surface area (Å²) in [5, 5.41) is 2.50. The Morgan fingerprint density at radius 2 is 1.70 bits per heavy atom. The van der Waals surface area contributed by atoms with Crippen LogP contribution in [0.3, 0.4) is 0 Å². The lowest BCUT2D eigenvalue weighted by atomic mass is 10.2. The van der Waals surface area contributed by atoms with Gasteiger partial charge in [0.05, 0.1) is 13.2 Å². The maximum atomic E-state index is 13.9. The molecule has 12 heteroatoms. The molecule has 2 aromatic carbocycles. The third kappa shape index (κ3) is 5.69. The van der Waals surface area contributed by atoms with Crippen molar-refractivity contribution < 1.29 is 30.8 Å². The number of sulfonamides is 2. The van der Waals surface area contributed by atoms with E-state index in [1.807, 2.05) is 0 Å². The van der Waals surface area contributed by atoms with E-state index in [0.717, 1.165) is 31.4 Å². The van der Waals surface area contributed by atoms with E-state index >= 15 is 0 Å². The largest absolute Gasteiger partial charge is 0.495 e. The highest BCUT2D eigenvalue weighted by molar-refractivity contribution is 7.89. The summed E-state index contributed by atoms with van der Waals surface area (Å²) in [6.07, 6.45) is 2.48. The molecule has 0 aromatic heterocycles. The second-order valence-corrected chi connectivity index (χ2v) is 11.2. The molecule has 0 unspecified atom stereocenters. The van der Waals surface area contributed by atoms with Gasteiger partial charge in [0.15, 0.2) is 0 Å². The Balaban J connectivity index is 1.79. The maximum Gasteiger partial charge on any atom is 0.246 e. The quantitative estimate of drug-likeness (QED) is 0.575. The fourth-order valence-electron chi connectivity index (χ4n) is 3.46. The highest BCUT2D eigenvalue weighted by atomic mass is 32.2. The third-order valence-electron chi connectivity index (χ3n) is 5.22. The second kappa shape index (κ2) is 10.2. The van der Waals surface area contributed by atoms with Crippen LogP contribution in [0.1, 0.15) is 26.2 Å². The zero-order chi connectivity index (χ0) is 24.2. The summed E-state index contributed by atoms with van der Waals surface area (Å²) < 4.78 is 73.7. The predicted molar refractivity (Wildman–Crippen MR) is 120 cm³/mol. The van der Waals surface area contributed by atoms with Gasteiger partial charge >= 0.3 is 0 Å². The van der Waals surface area contributed by atoms with E-state index in [-0.39, 0.29) is 16.3 Å². The van der Waals surface area contributed by atoms with E-state index in [1.54, 1.807) is 0 Å². The van der Waals surface area contributed by atoms with E-state index in [1.165, 1.54) is 48.7 Å². The van der Waals surface area contributed by atoms with Crippen molar-refractivity contribution in [3.05, 3.63) is 48.3 Å². The number of halogens is 1. The molecular weight excluding hydrogens is 473 g/mol. The van der Waals surface area contributed by atoms with Crippen molar-refractivity contribution in [1.29, 1.82) is 0 Å². The number of carbonyl (C=O) groups excluding carboxylic acids is 1. The number of ether oxygens (including phenoxy) is 1. The maximum absolute atomic E-state index is 13.9. The molecule has 9 nitrogen and oxygen atoms in total. The average Bonchev–Trinajstić information content (AvgIpc) is 2.79. The highest BCUT2D eigenvalue weighted by Gasteiger charge is 2.30. The van der Waals surface area contributed by atoms with Crippen LogP contribution in [0, 0.1) is 5.82 Å². The van der Waals surface area contributed by atoms with Crippen molar-refractivity contribution in [3.63, 3.8) is 0 Å². The number of rotatable bonds is 8. The summed E-state index contributed by atoms with van der Waals surface area (Å²) in [5.41, 5.74) is 0.147. The van der Waals surface area contributed by atoms with Gasteiger partial charge in [-0.1, -0.05) is 18.6 Å². The van der Waals surface area contributed by atoms with Gasteiger partial charge in [0, 0.05) is 18.8 Å². The molecule has 2 N–H and O–H groups in total. The molecule has 0 bridgehead atoms. The topological polar surface area (TPSA) is 122 Å². The number of hydrogen-bond acceptors (Lipinski definition) is 6. The zero-order valence-corrected chi connectivity index (χ0v) is 19.9. The SMILES string of the molecule is COc1ccc(NC(=O)[C@H](C)NS(=O)(=O)c2ccccc2F)cc1S(=O)(=O)N1CCCCC1. The van der Waals surface area contributed by atoms with Crippen LogP contribution in [-0.2, 0) is 24.8 Å². The minimum Gasteiger partial charge on any atom is -0.495 e. The fourth-order valence-corrected chi connectivity index (χ4v) is 6.44. The van der Waals surface area contributed by atoms with Gasteiger partial charge in [0.25, 0.3) is 0 Å². The van der Waals surface area contributed by atoms with Gasteiger partial charge in [0.1, 0.15) is 21.4 Å². The molecule has 0 radical (unpaired) electrons. The van der Waals surface area contributed by atoms with Gasteiger partial charge in [0.2, 0.25) is 26.0 Å². The van der Waals surface area contributed by atoms with Crippen molar-refractivity contribution in [2.75, 3.05) is 25.5 Å². The van der Waals surface area contributed by atoms with Crippen LogP contribution in [0.4, 0.5) is 10.1 Å². The molecule has 180 valence electrons. The van der Waals surface area contributed by atoms with Gasteiger partial charge in [-0.15, -0.1) is 0 Å². The number of nitrogens with one attached hydrogen (secondary N) is 2. The lowest BCUT2D eigenvalue weighted by molar-refractivity contribution is -0.117. The molecule has 1 aliphatic heterocycles. The van der Waals surface area contributed by atoms with Crippen LogP contribution < -0.4 is 14.8 Å².